The molecule has 2 aromatic carbocycles. The summed E-state index contributed by atoms with van der Waals surface area (Å²) in [5.41, 5.74) is 4.74. The Balaban J connectivity index is 2.40. The van der Waals surface area contributed by atoms with Gasteiger partial charge in [0.1, 0.15) is 0 Å². The molecule has 0 bridgehead atoms. The van der Waals surface area contributed by atoms with Crippen LogP contribution < -0.4 is 0 Å². The SMILES string of the molecule is C=CC/C=C(\C(=O)c1ccc(C)cc1)c1ccc(C)cc1. The molecule has 0 aromatic heterocycles. The van der Waals surface area contributed by atoms with Crippen molar-refractivity contribution in [3.8, 4) is 0 Å². The topological polar surface area (TPSA) is 17.1 Å². The molecule has 0 aliphatic heterocycles. The van der Waals surface area contributed by atoms with Gasteiger partial charge in [-0.2, -0.15) is 0 Å². The Labute approximate surface area is 126 Å². The number of carbonyl (C=O) groups excluding carboxylic acids is 1. The van der Waals surface area contributed by atoms with E-state index in [0.717, 1.165) is 22.3 Å². The van der Waals surface area contributed by atoms with Gasteiger partial charge in [0.15, 0.2) is 5.78 Å². The Morgan fingerprint density at radius 2 is 1.38 bits per heavy atom. The first-order valence-corrected chi connectivity index (χ1v) is 7.11. The lowest BCUT2D eigenvalue weighted by Gasteiger charge is -2.08. The van der Waals surface area contributed by atoms with Crippen molar-refractivity contribution in [3.63, 3.8) is 0 Å². The molecule has 0 amide bonds. The van der Waals surface area contributed by atoms with Crippen LogP contribution in [0.1, 0.15) is 33.5 Å². The third kappa shape index (κ3) is 3.79. The minimum atomic E-state index is 0.0562. The molecule has 0 radical (unpaired) electrons. The van der Waals surface area contributed by atoms with Crippen LogP contribution in [0.2, 0.25) is 0 Å². The van der Waals surface area contributed by atoms with E-state index < -0.39 is 0 Å². The van der Waals surface area contributed by atoms with Crippen molar-refractivity contribution in [2.75, 3.05) is 0 Å². The fourth-order valence-electron chi connectivity index (χ4n) is 2.14. The maximum atomic E-state index is 12.7. The highest BCUT2D eigenvalue weighted by atomic mass is 16.1. The Morgan fingerprint density at radius 3 is 1.86 bits per heavy atom. The predicted octanol–water partition coefficient (Wildman–Crippen LogP) is 5.15. The molecule has 21 heavy (non-hydrogen) atoms. The van der Waals surface area contributed by atoms with E-state index in [0.29, 0.717) is 6.42 Å². The van der Waals surface area contributed by atoms with E-state index in [2.05, 4.69) is 6.58 Å². The summed E-state index contributed by atoms with van der Waals surface area (Å²) in [6.07, 6.45) is 4.43. The van der Waals surface area contributed by atoms with Crippen molar-refractivity contribution < 1.29 is 4.79 Å². The summed E-state index contributed by atoms with van der Waals surface area (Å²) in [5, 5.41) is 0. The zero-order valence-electron chi connectivity index (χ0n) is 12.6. The summed E-state index contributed by atoms with van der Waals surface area (Å²) in [6, 6.07) is 15.7. The van der Waals surface area contributed by atoms with Crippen molar-refractivity contribution in [2.24, 2.45) is 0 Å². The molecule has 0 saturated carbocycles. The average Bonchev–Trinajstić information content (AvgIpc) is 2.50. The van der Waals surface area contributed by atoms with Crippen LogP contribution in [-0.4, -0.2) is 5.78 Å². The first-order chi connectivity index (χ1) is 10.1. The summed E-state index contributed by atoms with van der Waals surface area (Å²) in [7, 11) is 0. The highest BCUT2D eigenvalue weighted by Crippen LogP contribution is 2.21. The molecular weight excluding hydrogens is 256 g/mol. The van der Waals surface area contributed by atoms with Crippen LogP contribution in [0.4, 0.5) is 0 Å². The van der Waals surface area contributed by atoms with Gasteiger partial charge in [0.25, 0.3) is 0 Å². The largest absolute Gasteiger partial charge is 0.289 e. The second-order valence-electron chi connectivity index (χ2n) is 5.20. The number of rotatable bonds is 5. The first-order valence-electron chi connectivity index (χ1n) is 7.11. The Bertz CT molecular complexity index is 658. The number of Topliss-reactive ketones (excluding diaryl/α,β-unsaturated/α-hetero) is 1. The van der Waals surface area contributed by atoms with Crippen molar-refractivity contribution in [3.05, 3.63) is 89.5 Å². The number of allylic oxidation sites excluding steroid dienone is 3. The molecular formula is C20H20O. The lowest BCUT2D eigenvalue weighted by atomic mass is 9.95. The summed E-state index contributed by atoms with van der Waals surface area (Å²) < 4.78 is 0. The standard InChI is InChI=1S/C20H20O/c1-4-5-6-19(17-11-7-15(2)8-12-17)20(21)18-13-9-16(3)10-14-18/h4,6-14H,1,5H2,2-3H3/b19-6-. The zero-order valence-corrected chi connectivity index (χ0v) is 12.6. The average molecular weight is 276 g/mol. The predicted molar refractivity (Wildman–Crippen MR) is 89.5 cm³/mol. The van der Waals surface area contributed by atoms with E-state index in [9.17, 15) is 4.79 Å². The third-order valence-electron chi connectivity index (χ3n) is 3.41. The molecule has 1 nitrogen and oxygen atoms in total. The van der Waals surface area contributed by atoms with Gasteiger partial charge in [-0.3, -0.25) is 4.79 Å². The number of benzene rings is 2. The van der Waals surface area contributed by atoms with Crippen LogP contribution in [-0.2, 0) is 0 Å². The molecule has 0 saturated heterocycles. The molecule has 106 valence electrons. The van der Waals surface area contributed by atoms with E-state index in [1.807, 2.05) is 68.5 Å². The Hall–Kier alpha value is -2.41. The Kier molecular flexibility index (Phi) is 4.89. The van der Waals surface area contributed by atoms with Crippen LogP contribution in [0.5, 0.6) is 0 Å². The maximum Gasteiger partial charge on any atom is 0.193 e. The van der Waals surface area contributed by atoms with E-state index >= 15 is 0 Å². The molecule has 0 heterocycles. The molecule has 1 heteroatoms. The van der Waals surface area contributed by atoms with Crippen LogP contribution in [0, 0.1) is 13.8 Å². The molecule has 2 rings (SSSR count). The molecule has 0 spiro atoms. The normalized spacial score (nSPS) is 11.2. The summed E-state index contributed by atoms with van der Waals surface area (Å²) in [5.74, 6) is 0.0562. The number of hydrogen-bond donors (Lipinski definition) is 0. The monoisotopic (exact) mass is 276 g/mol. The highest BCUT2D eigenvalue weighted by molar-refractivity contribution is 6.28. The molecule has 0 N–H and O–H groups in total. The maximum absolute atomic E-state index is 12.7. The molecule has 2 aromatic rings. The second-order valence-corrected chi connectivity index (χ2v) is 5.20. The smallest absolute Gasteiger partial charge is 0.193 e. The van der Waals surface area contributed by atoms with Gasteiger partial charge in [-0.15, -0.1) is 6.58 Å². The van der Waals surface area contributed by atoms with E-state index in [-0.39, 0.29) is 5.78 Å². The van der Waals surface area contributed by atoms with Crippen LogP contribution in [0.15, 0.2) is 67.3 Å². The van der Waals surface area contributed by atoms with Crippen LogP contribution in [0.25, 0.3) is 5.57 Å². The van der Waals surface area contributed by atoms with Crippen LogP contribution in [0.3, 0.4) is 0 Å². The highest BCUT2D eigenvalue weighted by Gasteiger charge is 2.13. The van der Waals surface area contributed by atoms with Gasteiger partial charge in [0, 0.05) is 11.1 Å². The molecule has 0 aliphatic rings. The van der Waals surface area contributed by atoms with Gasteiger partial charge in [0.2, 0.25) is 0 Å². The van der Waals surface area contributed by atoms with Crippen molar-refractivity contribution in [1.29, 1.82) is 0 Å². The number of aryl methyl sites for hydroxylation is 2. The Morgan fingerprint density at radius 1 is 0.905 bits per heavy atom. The fraction of sp³-hybridized carbons (Fsp3) is 0.150. The van der Waals surface area contributed by atoms with E-state index in [4.69, 9.17) is 0 Å². The zero-order chi connectivity index (χ0) is 15.2. The number of carbonyl (C=O) groups is 1. The second kappa shape index (κ2) is 6.85. The van der Waals surface area contributed by atoms with Gasteiger partial charge in [0.05, 0.1) is 0 Å². The molecule has 0 aliphatic carbocycles. The van der Waals surface area contributed by atoms with Gasteiger partial charge in [-0.1, -0.05) is 71.8 Å². The summed E-state index contributed by atoms with van der Waals surface area (Å²) in [4.78, 5) is 12.7. The van der Waals surface area contributed by atoms with Gasteiger partial charge in [-0.05, 0) is 25.8 Å². The van der Waals surface area contributed by atoms with Gasteiger partial charge in [-0.25, -0.2) is 0 Å². The van der Waals surface area contributed by atoms with Crippen LogP contribution >= 0.6 is 0 Å². The lowest BCUT2D eigenvalue weighted by molar-refractivity contribution is 0.105. The summed E-state index contributed by atoms with van der Waals surface area (Å²) in [6.45, 7) is 7.79. The lowest BCUT2D eigenvalue weighted by Crippen LogP contribution is -2.03. The molecule has 0 unspecified atom stereocenters. The van der Waals surface area contributed by atoms with Gasteiger partial charge >= 0.3 is 0 Å². The molecule has 0 atom stereocenters. The van der Waals surface area contributed by atoms with E-state index in [1.165, 1.54) is 5.56 Å². The minimum absolute atomic E-state index is 0.0562. The third-order valence-corrected chi connectivity index (χ3v) is 3.41. The van der Waals surface area contributed by atoms with Gasteiger partial charge < -0.3 is 0 Å². The minimum Gasteiger partial charge on any atom is -0.289 e. The number of hydrogen-bond acceptors (Lipinski definition) is 1. The number of ketones is 1. The van der Waals surface area contributed by atoms with Crippen molar-refractivity contribution >= 4 is 11.4 Å². The first kappa shape index (κ1) is 15.0. The fourth-order valence-corrected chi connectivity index (χ4v) is 2.14. The van der Waals surface area contributed by atoms with E-state index in [1.54, 1.807) is 6.08 Å². The summed E-state index contributed by atoms with van der Waals surface area (Å²) >= 11 is 0. The van der Waals surface area contributed by atoms with Crippen molar-refractivity contribution in [2.45, 2.75) is 20.3 Å². The molecule has 0 fully saturated rings. The van der Waals surface area contributed by atoms with Crippen molar-refractivity contribution in [1.82, 2.24) is 0 Å². The quantitative estimate of drug-likeness (QED) is 0.419.